The first-order valence-electron chi connectivity index (χ1n) is 16.9. The lowest BCUT2D eigenvalue weighted by molar-refractivity contribution is -0.147. The minimum Gasteiger partial charge on any atom is -0.480 e. The highest BCUT2D eigenvalue weighted by Gasteiger charge is 2.27. The van der Waals surface area contributed by atoms with Crippen LogP contribution in [0.2, 0.25) is 0 Å². The van der Waals surface area contributed by atoms with E-state index in [1.165, 1.54) is 0 Å². The second kappa shape index (κ2) is 23.7. The summed E-state index contributed by atoms with van der Waals surface area (Å²) in [4.78, 5) is 99.1. The standard InChI is InChI=1S/C37H42N6O12/c44-30(38-20-32(46)42-28(16-25-10-4-1-5-11-25)35(50)40-19-31(45)41-24-53-23-33(47)48)18-39-36(51)29(17-34(49)54-21-26-12-6-2-7-13-26)43-37(52)55-22-27-14-8-3-9-15-27/h1-15,28-29H,16-24H2,(H,38,44)(H,39,51)(H,40,50)(H,41,45)(H,42,46)(H,43,52)(H,47,48)/t28-,29-/m0/s1. The average Bonchev–Trinajstić information content (AvgIpc) is 3.18. The molecule has 0 heterocycles. The number of rotatable bonds is 22. The summed E-state index contributed by atoms with van der Waals surface area (Å²) in [7, 11) is 0. The van der Waals surface area contributed by atoms with E-state index in [1.807, 2.05) is 0 Å². The predicted molar refractivity (Wildman–Crippen MR) is 192 cm³/mol. The Bertz CT molecular complexity index is 1690. The maximum Gasteiger partial charge on any atom is 0.408 e. The van der Waals surface area contributed by atoms with Gasteiger partial charge in [0.15, 0.2) is 0 Å². The van der Waals surface area contributed by atoms with Crippen molar-refractivity contribution in [2.24, 2.45) is 0 Å². The van der Waals surface area contributed by atoms with E-state index in [0.29, 0.717) is 16.7 Å². The summed E-state index contributed by atoms with van der Waals surface area (Å²) in [5.41, 5.74) is 2.06. The molecule has 0 fully saturated rings. The van der Waals surface area contributed by atoms with Gasteiger partial charge in [-0.1, -0.05) is 91.0 Å². The molecule has 0 saturated carbocycles. The van der Waals surface area contributed by atoms with Gasteiger partial charge in [0.25, 0.3) is 0 Å². The number of amides is 6. The third-order valence-electron chi connectivity index (χ3n) is 7.26. The summed E-state index contributed by atoms with van der Waals surface area (Å²) in [5.74, 6) is -5.94. The fourth-order valence-electron chi connectivity index (χ4n) is 4.54. The van der Waals surface area contributed by atoms with Crippen molar-refractivity contribution in [3.05, 3.63) is 108 Å². The molecule has 18 heteroatoms. The van der Waals surface area contributed by atoms with Crippen LogP contribution in [0, 0.1) is 0 Å². The molecule has 18 nitrogen and oxygen atoms in total. The fourth-order valence-corrected chi connectivity index (χ4v) is 4.54. The maximum absolute atomic E-state index is 13.1. The van der Waals surface area contributed by atoms with Crippen LogP contribution in [0.15, 0.2) is 91.0 Å². The Morgan fingerprint density at radius 1 is 0.545 bits per heavy atom. The van der Waals surface area contributed by atoms with Gasteiger partial charge in [0, 0.05) is 6.42 Å². The van der Waals surface area contributed by atoms with Gasteiger partial charge in [-0.05, 0) is 16.7 Å². The highest BCUT2D eigenvalue weighted by Crippen LogP contribution is 2.06. The Labute approximate surface area is 315 Å². The SMILES string of the molecule is O=C(O)COCNC(=O)CNC(=O)[C@H](Cc1ccccc1)NC(=O)CNC(=O)CNC(=O)[C@H](CC(=O)OCc1ccccc1)NC(=O)OCc1ccccc1. The molecule has 55 heavy (non-hydrogen) atoms. The fraction of sp³-hybridized carbons (Fsp3) is 0.297. The minimum absolute atomic E-state index is 0.0295. The van der Waals surface area contributed by atoms with Gasteiger partial charge in [0.05, 0.1) is 26.1 Å². The Kier molecular flexibility index (Phi) is 18.3. The number of carboxylic acid groups (broad SMARTS) is 1. The van der Waals surface area contributed by atoms with Crippen LogP contribution in [-0.2, 0) is 67.4 Å². The molecule has 0 aliphatic carbocycles. The number of hydrogen-bond donors (Lipinski definition) is 7. The number of ether oxygens (including phenoxy) is 3. The van der Waals surface area contributed by atoms with Gasteiger partial charge in [-0.2, -0.15) is 0 Å². The Hall–Kier alpha value is -6.82. The molecule has 0 unspecified atom stereocenters. The molecule has 3 rings (SSSR count). The second-order valence-corrected chi connectivity index (χ2v) is 11.6. The van der Waals surface area contributed by atoms with Crippen molar-refractivity contribution >= 4 is 47.6 Å². The van der Waals surface area contributed by atoms with Crippen LogP contribution in [0.1, 0.15) is 23.1 Å². The highest BCUT2D eigenvalue weighted by molar-refractivity contribution is 5.94. The van der Waals surface area contributed by atoms with Crippen molar-refractivity contribution in [1.29, 1.82) is 0 Å². The van der Waals surface area contributed by atoms with Gasteiger partial charge in [0.1, 0.15) is 38.6 Å². The molecule has 0 aliphatic heterocycles. The molecular weight excluding hydrogens is 720 g/mol. The largest absolute Gasteiger partial charge is 0.480 e. The lowest BCUT2D eigenvalue weighted by atomic mass is 10.1. The first-order chi connectivity index (χ1) is 26.5. The number of alkyl carbamates (subject to hydrolysis) is 1. The first-order valence-corrected chi connectivity index (χ1v) is 16.9. The number of aliphatic carboxylic acids is 1. The number of carboxylic acids is 1. The maximum atomic E-state index is 13.1. The van der Waals surface area contributed by atoms with E-state index in [-0.39, 0.29) is 19.6 Å². The van der Waals surface area contributed by atoms with E-state index in [1.54, 1.807) is 91.0 Å². The van der Waals surface area contributed by atoms with Gasteiger partial charge in [-0.3, -0.25) is 28.8 Å². The Morgan fingerprint density at radius 2 is 1.04 bits per heavy atom. The molecular formula is C37H42N6O12. The molecule has 0 aliphatic rings. The molecule has 3 aromatic rings. The first kappa shape index (κ1) is 42.6. The molecule has 6 amide bonds. The van der Waals surface area contributed by atoms with E-state index in [2.05, 4.69) is 31.9 Å². The van der Waals surface area contributed by atoms with E-state index in [4.69, 9.17) is 19.3 Å². The average molecular weight is 763 g/mol. The molecule has 0 aromatic heterocycles. The molecule has 0 spiro atoms. The molecule has 0 radical (unpaired) electrons. The minimum atomic E-state index is -1.49. The molecule has 0 bridgehead atoms. The zero-order valence-electron chi connectivity index (χ0n) is 29.6. The van der Waals surface area contributed by atoms with Crippen LogP contribution in [0.4, 0.5) is 4.79 Å². The van der Waals surface area contributed by atoms with Crippen LogP contribution in [0.5, 0.6) is 0 Å². The summed E-state index contributed by atoms with van der Waals surface area (Å²) < 4.78 is 15.1. The van der Waals surface area contributed by atoms with Crippen molar-refractivity contribution in [1.82, 2.24) is 31.9 Å². The number of nitrogens with one attached hydrogen (secondary N) is 6. The lowest BCUT2D eigenvalue weighted by Gasteiger charge is -2.19. The zero-order chi connectivity index (χ0) is 39.8. The summed E-state index contributed by atoms with van der Waals surface area (Å²) >= 11 is 0. The third-order valence-corrected chi connectivity index (χ3v) is 7.26. The number of benzene rings is 3. The van der Waals surface area contributed by atoms with Crippen LogP contribution in [0.3, 0.4) is 0 Å². The number of esters is 1. The van der Waals surface area contributed by atoms with Crippen LogP contribution < -0.4 is 31.9 Å². The van der Waals surface area contributed by atoms with Gasteiger partial charge < -0.3 is 51.2 Å². The van der Waals surface area contributed by atoms with Crippen molar-refractivity contribution in [3.63, 3.8) is 0 Å². The molecule has 3 aromatic carbocycles. The van der Waals surface area contributed by atoms with Gasteiger partial charge in [0.2, 0.25) is 29.5 Å². The summed E-state index contributed by atoms with van der Waals surface area (Å²) in [5, 5.41) is 22.7. The lowest BCUT2D eigenvalue weighted by Crippen LogP contribution is -2.53. The summed E-state index contributed by atoms with van der Waals surface area (Å²) in [6.07, 6.45) is -1.56. The van der Waals surface area contributed by atoms with Crippen molar-refractivity contribution < 1.29 is 57.7 Å². The molecule has 292 valence electrons. The zero-order valence-corrected chi connectivity index (χ0v) is 29.6. The van der Waals surface area contributed by atoms with E-state index in [9.17, 15) is 38.4 Å². The third kappa shape index (κ3) is 18.0. The highest BCUT2D eigenvalue weighted by atomic mass is 16.6. The summed E-state index contributed by atoms with van der Waals surface area (Å²) in [6.45, 7) is -2.97. The molecule has 2 atom stereocenters. The predicted octanol–water partition coefficient (Wildman–Crippen LogP) is -0.334. The van der Waals surface area contributed by atoms with Crippen LogP contribution >= 0.6 is 0 Å². The topological polar surface area (TPSA) is 257 Å². The van der Waals surface area contributed by atoms with Crippen LogP contribution in [-0.4, -0.2) is 97.7 Å². The monoisotopic (exact) mass is 762 g/mol. The quantitative estimate of drug-likeness (QED) is 0.0395. The Balaban J connectivity index is 1.51. The molecule has 7 N–H and O–H groups in total. The van der Waals surface area contributed by atoms with Crippen molar-refractivity contribution in [3.8, 4) is 0 Å². The number of hydrogen-bond acceptors (Lipinski definition) is 11. The van der Waals surface area contributed by atoms with Gasteiger partial charge in [-0.25, -0.2) is 9.59 Å². The second-order valence-electron chi connectivity index (χ2n) is 11.6. The van der Waals surface area contributed by atoms with Crippen LogP contribution in [0.25, 0.3) is 0 Å². The number of carbonyl (C=O) groups is 8. The number of carbonyl (C=O) groups excluding carboxylic acids is 7. The van der Waals surface area contributed by atoms with Gasteiger partial charge in [-0.15, -0.1) is 0 Å². The smallest absolute Gasteiger partial charge is 0.408 e. The summed E-state index contributed by atoms with van der Waals surface area (Å²) in [6, 6.07) is 23.5. The van der Waals surface area contributed by atoms with E-state index >= 15 is 0 Å². The van der Waals surface area contributed by atoms with Crippen molar-refractivity contribution in [2.75, 3.05) is 33.0 Å². The van der Waals surface area contributed by atoms with E-state index < -0.39 is 99.0 Å². The normalized spacial score (nSPS) is 11.4. The molecule has 0 saturated heterocycles. The van der Waals surface area contributed by atoms with Gasteiger partial charge >= 0.3 is 18.0 Å². The van der Waals surface area contributed by atoms with E-state index in [0.717, 1.165) is 0 Å². The van der Waals surface area contributed by atoms with Crippen molar-refractivity contribution in [2.45, 2.75) is 38.1 Å². The Morgan fingerprint density at radius 3 is 1.60 bits per heavy atom.